The number of non-ortho nitro benzene ring substituents is 1. The standard InChI is InChI=1S/C28H18F3N3O5/c29-28(30,31)17-5-3-6-19(14-17)33-26(36)21-22(27(33)37)24(25(35)16-8-10-18(11-9-16)34(38)39)32-13-12-15-4-1-2-7-20(15)23(21)32/h1-14,21-24H/t21-,22-,23+,24+/m1/s1. The van der Waals surface area contributed by atoms with Crippen molar-refractivity contribution in [3.63, 3.8) is 0 Å². The van der Waals surface area contributed by atoms with E-state index in [-0.39, 0.29) is 16.9 Å². The number of amides is 2. The van der Waals surface area contributed by atoms with Crippen LogP contribution in [0.5, 0.6) is 0 Å². The van der Waals surface area contributed by atoms with Crippen LogP contribution in [0.1, 0.15) is 33.1 Å². The van der Waals surface area contributed by atoms with Gasteiger partial charge in [0.2, 0.25) is 11.8 Å². The number of carbonyl (C=O) groups is 3. The molecule has 0 spiro atoms. The average molecular weight is 533 g/mol. The number of Topliss-reactive ketones (excluding diaryl/α,β-unsaturated/α-hetero) is 1. The van der Waals surface area contributed by atoms with E-state index in [4.69, 9.17) is 0 Å². The molecule has 0 N–H and O–H groups in total. The van der Waals surface area contributed by atoms with E-state index < -0.39 is 58.2 Å². The summed E-state index contributed by atoms with van der Waals surface area (Å²) >= 11 is 0. The predicted molar refractivity (Wildman–Crippen MR) is 132 cm³/mol. The molecular formula is C28H18F3N3O5. The first kappa shape index (κ1) is 24.5. The highest BCUT2D eigenvalue weighted by Gasteiger charge is 2.64. The number of nitrogens with zero attached hydrogens (tertiary/aromatic N) is 3. The van der Waals surface area contributed by atoms with Crippen LogP contribution in [0.25, 0.3) is 6.08 Å². The van der Waals surface area contributed by atoms with Crippen molar-refractivity contribution in [3.05, 3.63) is 111 Å². The Labute approximate surface area is 219 Å². The number of rotatable bonds is 4. The molecule has 0 bridgehead atoms. The number of imide groups is 1. The van der Waals surface area contributed by atoms with Crippen LogP contribution in [0.3, 0.4) is 0 Å². The Morgan fingerprint density at radius 3 is 2.28 bits per heavy atom. The summed E-state index contributed by atoms with van der Waals surface area (Å²) in [6, 6.07) is 14.2. The van der Waals surface area contributed by atoms with E-state index >= 15 is 0 Å². The van der Waals surface area contributed by atoms with Crippen LogP contribution in [0.2, 0.25) is 0 Å². The zero-order chi connectivity index (χ0) is 27.6. The van der Waals surface area contributed by atoms with Gasteiger partial charge in [-0.15, -0.1) is 0 Å². The molecule has 3 aliphatic rings. The second kappa shape index (κ2) is 8.62. The van der Waals surface area contributed by atoms with Gasteiger partial charge in [0.05, 0.1) is 34.1 Å². The van der Waals surface area contributed by atoms with Crippen LogP contribution in [0, 0.1) is 22.0 Å². The number of fused-ring (bicyclic) bond motifs is 5. The molecule has 11 heteroatoms. The maximum absolute atomic E-state index is 13.8. The Bertz CT molecular complexity index is 1580. The fourth-order valence-corrected chi connectivity index (χ4v) is 5.85. The van der Waals surface area contributed by atoms with E-state index in [0.29, 0.717) is 5.56 Å². The van der Waals surface area contributed by atoms with Crippen molar-refractivity contribution < 1.29 is 32.5 Å². The summed E-state index contributed by atoms with van der Waals surface area (Å²) in [5, 5.41) is 11.1. The van der Waals surface area contributed by atoms with Crippen molar-refractivity contribution in [2.24, 2.45) is 11.8 Å². The number of carbonyl (C=O) groups excluding carboxylic acids is 3. The summed E-state index contributed by atoms with van der Waals surface area (Å²) in [4.78, 5) is 54.4. The third-order valence-corrected chi connectivity index (χ3v) is 7.52. The quantitative estimate of drug-likeness (QED) is 0.202. The van der Waals surface area contributed by atoms with Gasteiger partial charge in [-0.05, 0) is 47.5 Å². The van der Waals surface area contributed by atoms with E-state index in [1.165, 1.54) is 30.3 Å². The molecule has 0 saturated carbocycles. The number of alkyl halides is 3. The topological polar surface area (TPSA) is 101 Å². The largest absolute Gasteiger partial charge is 0.416 e. The van der Waals surface area contributed by atoms with E-state index in [9.17, 15) is 37.7 Å². The minimum absolute atomic E-state index is 0.107. The summed E-state index contributed by atoms with van der Waals surface area (Å²) in [6.45, 7) is 0. The molecule has 0 unspecified atom stereocenters. The molecule has 3 aliphatic heterocycles. The highest BCUT2D eigenvalue weighted by Crippen LogP contribution is 2.54. The third kappa shape index (κ3) is 3.72. The van der Waals surface area contributed by atoms with Gasteiger partial charge in [0.25, 0.3) is 5.69 Å². The summed E-state index contributed by atoms with van der Waals surface area (Å²) < 4.78 is 40.2. The van der Waals surface area contributed by atoms with Crippen LogP contribution in [0.15, 0.2) is 79.0 Å². The van der Waals surface area contributed by atoms with E-state index in [1.807, 2.05) is 6.07 Å². The Morgan fingerprint density at radius 1 is 0.897 bits per heavy atom. The van der Waals surface area contributed by atoms with Gasteiger partial charge in [-0.25, -0.2) is 4.90 Å². The summed E-state index contributed by atoms with van der Waals surface area (Å²) in [5.41, 5.74) is 0.156. The Hall–Kier alpha value is -4.80. The number of benzene rings is 3. The number of hydrogen-bond donors (Lipinski definition) is 0. The molecule has 2 amide bonds. The molecule has 3 heterocycles. The van der Waals surface area contributed by atoms with Gasteiger partial charge in [0.1, 0.15) is 6.04 Å². The SMILES string of the molecule is O=C(c1ccc([N+](=O)[O-])cc1)[C@@H]1[C@@H]2C(=O)N(c3cccc(C(F)(F)F)c3)C(=O)[C@H]2[C@@H]2c3ccccc3C=CN12. The normalized spacial score (nSPS) is 23.5. The van der Waals surface area contributed by atoms with Crippen molar-refractivity contribution in [1.82, 2.24) is 4.90 Å². The second-order valence-electron chi connectivity index (χ2n) is 9.56. The molecule has 8 nitrogen and oxygen atoms in total. The molecule has 39 heavy (non-hydrogen) atoms. The lowest BCUT2D eigenvalue weighted by Crippen LogP contribution is -2.44. The van der Waals surface area contributed by atoms with E-state index in [2.05, 4.69) is 0 Å². The smallest absolute Gasteiger partial charge is 0.358 e. The van der Waals surface area contributed by atoms with Crippen LogP contribution < -0.4 is 4.90 Å². The first-order valence-corrected chi connectivity index (χ1v) is 12.0. The van der Waals surface area contributed by atoms with E-state index in [0.717, 1.165) is 28.7 Å². The molecule has 196 valence electrons. The molecule has 2 saturated heterocycles. The second-order valence-corrected chi connectivity index (χ2v) is 9.56. The van der Waals surface area contributed by atoms with Crippen molar-refractivity contribution in [2.45, 2.75) is 18.3 Å². The summed E-state index contributed by atoms with van der Waals surface area (Å²) in [6.07, 6.45) is -1.27. The Balaban J connectivity index is 1.46. The van der Waals surface area contributed by atoms with Crippen molar-refractivity contribution in [2.75, 3.05) is 4.90 Å². The summed E-state index contributed by atoms with van der Waals surface area (Å²) in [5.74, 6) is -4.22. The maximum atomic E-state index is 13.8. The Kier molecular flexibility index (Phi) is 5.42. The average Bonchev–Trinajstić information content (AvgIpc) is 3.40. The van der Waals surface area contributed by atoms with Crippen LogP contribution in [0.4, 0.5) is 24.5 Å². The monoisotopic (exact) mass is 533 g/mol. The van der Waals surface area contributed by atoms with Crippen LogP contribution in [-0.4, -0.2) is 33.5 Å². The molecule has 3 aromatic rings. The highest BCUT2D eigenvalue weighted by molar-refractivity contribution is 6.24. The molecule has 3 aromatic carbocycles. The zero-order valence-electron chi connectivity index (χ0n) is 19.9. The maximum Gasteiger partial charge on any atom is 0.416 e. The van der Waals surface area contributed by atoms with Gasteiger partial charge in [-0.1, -0.05) is 30.3 Å². The first-order chi connectivity index (χ1) is 18.6. The van der Waals surface area contributed by atoms with Crippen molar-refractivity contribution >= 4 is 35.0 Å². The van der Waals surface area contributed by atoms with Gasteiger partial charge in [0, 0.05) is 23.9 Å². The fraction of sp³-hybridized carbons (Fsp3) is 0.179. The Morgan fingerprint density at radius 2 is 1.59 bits per heavy atom. The van der Waals surface area contributed by atoms with Gasteiger partial charge >= 0.3 is 6.18 Å². The molecule has 2 fully saturated rings. The number of ketones is 1. The number of hydrogen-bond acceptors (Lipinski definition) is 6. The number of halogens is 3. The minimum atomic E-state index is -4.68. The zero-order valence-corrected chi connectivity index (χ0v) is 19.9. The fourth-order valence-electron chi connectivity index (χ4n) is 5.85. The number of nitro benzene ring substituents is 1. The minimum Gasteiger partial charge on any atom is -0.358 e. The number of nitro groups is 1. The van der Waals surface area contributed by atoms with Crippen LogP contribution in [-0.2, 0) is 15.8 Å². The first-order valence-electron chi connectivity index (χ1n) is 12.0. The molecule has 0 aliphatic carbocycles. The molecular weight excluding hydrogens is 515 g/mol. The highest BCUT2D eigenvalue weighted by atomic mass is 19.4. The van der Waals surface area contributed by atoms with Crippen LogP contribution >= 0.6 is 0 Å². The van der Waals surface area contributed by atoms with E-state index in [1.54, 1.807) is 35.4 Å². The molecule has 4 atom stereocenters. The summed E-state index contributed by atoms with van der Waals surface area (Å²) in [7, 11) is 0. The van der Waals surface area contributed by atoms with Crippen molar-refractivity contribution in [3.8, 4) is 0 Å². The van der Waals surface area contributed by atoms with Crippen molar-refractivity contribution in [1.29, 1.82) is 0 Å². The van der Waals surface area contributed by atoms with Gasteiger partial charge in [-0.3, -0.25) is 24.5 Å². The lowest BCUT2D eigenvalue weighted by Gasteiger charge is -2.35. The molecule has 6 rings (SSSR count). The predicted octanol–water partition coefficient (Wildman–Crippen LogP) is 5.01. The van der Waals surface area contributed by atoms with Gasteiger partial charge in [-0.2, -0.15) is 13.2 Å². The molecule has 0 aromatic heterocycles. The van der Waals surface area contributed by atoms with Gasteiger partial charge in [0.15, 0.2) is 5.78 Å². The lowest BCUT2D eigenvalue weighted by atomic mass is 9.83. The van der Waals surface area contributed by atoms with Gasteiger partial charge < -0.3 is 4.90 Å². The number of anilines is 1. The lowest BCUT2D eigenvalue weighted by molar-refractivity contribution is -0.384. The molecule has 0 radical (unpaired) electrons. The third-order valence-electron chi connectivity index (χ3n) is 7.52.